The Hall–Kier alpha value is -1.42. The van der Waals surface area contributed by atoms with Crippen LogP contribution in [0.25, 0.3) is 0 Å². The highest BCUT2D eigenvalue weighted by molar-refractivity contribution is 14.0. The molecule has 0 aliphatic rings. The average molecular weight is 475 g/mol. The number of thiazole rings is 1. The summed E-state index contributed by atoms with van der Waals surface area (Å²) in [6.07, 6.45) is 5.62. The molecule has 0 aliphatic carbocycles. The topological polar surface area (TPSA) is 71.4 Å². The maximum atomic E-state index is 5.26. The van der Waals surface area contributed by atoms with E-state index in [0.717, 1.165) is 42.5 Å². The molecule has 138 valence electrons. The number of ether oxygens (including phenoxy) is 1. The molecular weight excluding hydrogens is 449 g/mol. The van der Waals surface area contributed by atoms with E-state index in [2.05, 4.69) is 39.4 Å². The number of aliphatic imine (C=N–C) groups is 1. The fraction of sp³-hybridized carbons (Fsp3) is 0.471. The Morgan fingerprint density at radius 1 is 1.28 bits per heavy atom. The number of pyridine rings is 1. The zero-order valence-corrected chi connectivity index (χ0v) is 18.1. The van der Waals surface area contributed by atoms with Crippen LogP contribution in [0.3, 0.4) is 0 Å². The number of rotatable bonds is 8. The van der Waals surface area contributed by atoms with Crippen LogP contribution in [-0.2, 0) is 19.4 Å². The highest BCUT2D eigenvalue weighted by Crippen LogP contribution is 2.14. The molecule has 2 N–H and O–H groups in total. The second-order valence-electron chi connectivity index (χ2n) is 5.12. The number of hydrogen-bond acceptors (Lipinski definition) is 5. The number of methoxy groups -OCH3 is 1. The van der Waals surface area contributed by atoms with Crippen molar-refractivity contribution in [2.24, 2.45) is 4.99 Å². The molecule has 2 aromatic heterocycles. The van der Waals surface area contributed by atoms with E-state index in [0.29, 0.717) is 12.4 Å². The van der Waals surface area contributed by atoms with Gasteiger partial charge in [-0.1, -0.05) is 13.0 Å². The first kappa shape index (κ1) is 21.6. The van der Waals surface area contributed by atoms with Gasteiger partial charge in [0.1, 0.15) is 0 Å². The third-order valence-electron chi connectivity index (χ3n) is 3.38. The van der Waals surface area contributed by atoms with E-state index < -0.39 is 0 Å². The van der Waals surface area contributed by atoms with Gasteiger partial charge >= 0.3 is 0 Å². The van der Waals surface area contributed by atoms with E-state index in [1.807, 2.05) is 18.3 Å². The molecule has 0 spiro atoms. The number of aryl methyl sites for hydroxylation is 1. The van der Waals surface area contributed by atoms with Crippen LogP contribution < -0.4 is 15.4 Å². The van der Waals surface area contributed by atoms with Crippen molar-refractivity contribution in [2.75, 3.05) is 20.2 Å². The maximum absolute atomic E-state index is 5.26. The quantitative estimate of drug-likeness (QED) is 0.349. The van der Waals surface area contributed by atoms with Crippen LogP contribution in [0.5, 0.6) is 5.88 Å². The van der Waals surface area contributed by atoms with Crippen molar-refractivity contribution in [3.8, 4) is 5.88 Å². The molecular formula is C17H26IN5OS. The second kappa shape index (κ2) is 12.0. The van der Waals surface area contributed by atoms with Gasteiger partial charge in [0.2, 0.25) is 5.88 Å². The first-order valence-corrected chi connectivity index (χ1v) is 9.02. The summed E-state index contributed by atoms with van der Waals surface area (Å²) in [7, 11) is 1.62. The number of aromatic nitrogens is 2. The standard InChI is InChI=1S/C17H25N5OS.HI/c1-4-14-12-21-15(24-14)8-10-20-17(18-5-2)22-11-13-7-6-9-19-16(13)23-3;/h6-7,9,12H,4-5,8,10-11H2,1-3H3,(H2,18,20,22);1H. The summed E-state index contributed by atoms with van der Waals surface area (Å²) >= 11 is 1.78. The van der Waals surface area contributed by atoms with Gasteiger partial charge in [-0.25, -0.2) is 15.0 Å². The highest BCUT2D eigenvalue weighted by atomic mass is 127. The molecule has 0 atom stereocenters. The smallest absolute Gasteiger partial charge is 0.218 e. The summed E-state index contributed by atoms with van der Waals surface area (Å²) in [6.45, 7) is 6.33. The normalized spacial score (nSPS) is 10.9. The van der Waals surface area contributed by atoms with Gasteiger partial charge in [-0.2, -0.15) is 0 Å². The number of halogens is 1. The van der Waals surface area contributed by atoms with Crippen molar-refractivity contribution >= 4 is 41.3 Å². The Labute approximate surface area is 170 Å². The number of hydrogen-bond donors (Lipinski definition) is 2. The Bertz CT molecular complexity index is 662. The first-order valence-electron chi connectivity index (χ1n) is 8.20. The van der Waals surface area contributed by atoms with Crippen molar-refractivity contribution in [3.63, 3.8) is 0 Å². The Kier molecular flexibility index (Phi) is 10.4. The van der Waals surface area contributed by atoms with Gasteiger partial charge in [-0.05, 0) is 19.4 Å². The van der Waals surface area contributed by atoms with Crippen molar-refractivity contribution in [3.05, 3.63) is 40.0 Å². The van der Waals surface area contributed by atoms with E-state index >= 15 is 0 Å². The number of nitrogens with zero attached hydrogens (tertiary/aromatic N) is 3. The second-order valence-corrected chi connectivity index (χ2v) is 6.32. The van der Waals surface area contributed by atoms with Gasteiger partial charge in [-0.3, -0.25) is 0 Å². The van der Waals surface area contributed by atoms with Gasteiger partial charge in [0.05, 0.1) is 18.7 Å². The Morgan fingerprint density at radius 3 is 2.80 bits per heavy atom. The van der Waals surface area contributed by atoms with Crippen LogP contribution in [0.1, 0.15) is 29.3 Å². The fourth-order valence-electron chi connectivity index (χ4n) is 2.15. The third-order valence-corrected chi connectivity index (χ3v) is 4.58. The van der Waals surface area contributed by atoms with Gasteiger partial charge < -0.3 is 15.4 Å². The van der Waals surface area contributed by atoms with Crippen LogP contribution in [0, 0.1) is 0 Å². The minimum Gasteiger partial charge on any atom is -0.481 e. The largest absolute Gasteiger partial charge is 0.481 e. The summed E-state index contributed by atoms with van der Waals surface area (Å²) in [6, 6.07) is 3.86. The lowest BCUT2D eigenvalue weighted by molar-refractivity contribution is 0.392. The molecule has 25 heavy (non-hydrogen) atoms. The monoisotopic (exact) mass is 475 g/mol. The van der Waals surface area contributed by atoms with E-state index in [-0.39, 0.29) is 24.0 Å². The lowest BCUT2D eigenvalue weighted by Crippen LogP contribution is -2.38. The molecule has 0 unspecified atom stereocenters. The Morgan fingerprint density at radius 2 is 2.12 bits per heavy atom. The Balaban J connectivity index is 0.00000312. The molecule has 0 amide bonds. The minimum absolute atomic E-state index is 0. The lowest BCUT2D eigenvalue weighted by atomic mass is 10.3. The number of nitrogens with one attached hydrogen (secondary N) is 2. The highest BCUT2D eigenvalue weighted by Gasteiger charge is 2.04. The summed E-state index contributed by atoms with van der Waals surface area (Å²) in [5.74, 6) is 1.41. The first-order chi connectivity index (χ1) is 11.8. The van der Waals surface area contributed by atoms with Crippen LogP contribution >= 0.6 is 35.3 Å². The summed E-state index contributed by atoms with van der Waals surface area (Å²) < 4.78 is 5.26. The van der Waals surface area contributed by atoms with Gasteiger partial charge in [0.15, 0.2) is 5.96 Å². The van der Waals surface area contributed by atoms with Gasteiger partial charge in [-0.15, -0.1) is 35.3 Å². The van der Waals surface area contributed by atoms with Crippen molar-refractivity contribution in [1.82, 2.24) is 20.6 Å². The van der Waals surface area contributed by atoms with E-state index in [9.17, 15) is 0 Å². The van der Waals surface area contributed by atoms with Crippen LogP contribution in [0.2, 0.25) is 0 Å². The van der Waals surface area contributed by atoms with Crippen molar-refractivity contribution < 1.29 is 4.74 Å². The fourth-order valence-corrected chi connectivity index (χ4v) is 3.01. The molecule has 0 aromatic carbocycles. The lowest BCUT2D eigenvalue weighted by Gasteiger charge is -2.11. The zero-order chi connectivity index (χ0) is 17.2. The van der Waals surface area contributed by atoms with Crippen molar-refractivity contribution in [1.29, 1.82) is 0 Å². The van der Waals surface area contributed by atoms with E-state index in [1.54, 1.807) is 24.6 Å². The SMILES string of the molecule is CCNC(=NCc1cccnc1OC)NCCc1ncc(CC)s1.I. The third kappa shape index (κ3) is 7.15. The predicted octanol–water partition coefficient (Wildman–Crippen LogP) is 3.02. The van der Waals surface area contributed by atoms with Crippen LogP contribution in [-0.4, -0.2) is 36.1 Å². The van der Waals surface area contributed by atoms with E-state index in [1.165, 1.54) is 4.88 Å². The molecule has 0 saturated heterocycles. The molecule has 0 bridgehead atoms. The van der Waals surface area contributed by atoms with Crippen LogP contribution in [0.15, 0.2) is 29.5 Å². The summed E-state index contributed by atoms with van der Waals surface area (Å²) in [5, 5.41) is 7.76. The van der Waals surface area contributed by atoms with E-state index in [4.69, 9.17) is 4.74 Å². The molecule has 0 fully saturated rings. The summed E-state index contributed by atoms with van der Waals surface area (Å²) in [4.78, 5) is 14.6. The molecule has 6 nitrogen and oxygen atoms in total. The molecule has 2 rings (SSSR count). The maximum Gasteiger partial charge on any atom is 0.218 e. The average Bonchev–Trinajstić information content (AvgIpc) is 3.08. The molecule has 2 heterocycles. The molecule has 0 radical (unpaired) electrons. The minimum atomic E-state index is 0. The molecule has 0 saturated carbocycles. The van der Waals surface area contributed by atoms with Crippen molar-refractivity contribution in [2.45, 2.75) is 33.2 Å². The molecule has 0 aliphatic heterocycles. The molecule has 2 aromatic rings. The molecule has 8 heteroatoms. The zero-order valence-electron chi connectivity index (χ0n) is 14.9. The van der Waals surface area contributed by atoms with Gasteiger partial charge in [0, 0.05) is 42.3 Å². The number of guanidine groups is 1. The van der Waals surface area contributed by atoms with Gasteiger partial charge in [0.25, 0.3) is 0 Å². The summed E-state index contributed by atoms with van der Waals surface area (Å²) in [5.41, 5.74) is 0.963. The predicted molar refractivity (Wildman–Crippen MR) is 114 cm³/mol. The van der Waals surface area contributed by atoms with Crippen LogP contribution in [0.4, 0.5) is 0 Å².